The summed E-state index contributed by atoms with van der Waals surface area (Å²) in [5, 5.41) is 9.02. The summed E-state index contributed by atoms with van der Waals surface area (Å²) >= 11 is 4.94. The van der Waals surface area contributed by atoms with Gasteiger partial charge >= 0.3 is 6.03 Å². The normalized spacial score (nSPS) is 41.2. The van der Waals surface area contributed by atoms with Gasteiger partial charge in [-0.3, -0.25) is 5.43 Å². The number of thiocarbonyl (C=S) groups is 1. The molecule has 0 aromatic rings. The number of nitrogens with one attached hydrogen (secondary N) is 2. The molecule has 6 N–H and O–H groups in total. The Morgan fingerprint density at radius 2 is 1.79 bits per heavy atom. The molecule has 3 fully saturated rings. The van der Waals surface area contributed by atoms with Gasteiger partial charge in [-0.2, -0.15) is 10.2 Å². The minimum Gasteiger partial charge on any atom is -0.375 e. The molecule has 4 aliphatic carbocycles. The fourth-order valence-electron chi connectivity index (χ4n) is 6.88. The largest absolute Gasteiger partial charge is 0.375 e. The molecule has 0 spiro atoms. The van der Waals surface area contributed by atoms with Crippen LogP contribution in [-0.4, -0.2) is 22.6 Å². The molecule has 0 radical (unpaired) electrons. The quantitative estimate of drug-likeness (QED) is 0.408. The van der Waals surface area contributed by atoms with E-state index in [2.05, 4.69) is 41.0 Å². The summed E-state index contributed by atoms with van der Waals surface area (Å²) in [5.74, 6) is 2.11. The zero-order valence-corrected chi connectivity index (χ0v) is 18.1. The number of hydrogen-bond acceptors (Lipinski definition) is 4. The van der Waals surface area contributed by atoms with E-state index in [0.717, 1.165) is 37.3 Å². The number of hydrazone groups is 2. The van der Waals surface area contributed by atoms with Crippen LogP contribution in [0.3, 0.4) is 0 Å². The number of carbonyl (C=O) groups excluding carboxylic acids is 1. The summed E-state index contributed by atoms with van der Waals surface area (Å²) in [6.45, 7) is 4.85. The molecule has 0 aromatic heterocycles. The van der Waals surface area contributed by atoms with Crippen LogP contribution in [0.25, 0.3) is 0 Å². The van der Waals surface area contributed by atoms with Crippen molar-refractivity contribution in [2.75, 3.05) is 0 Å². The number of nitrogens with zero attached hydrogens (tertiary/aromatic N) is 2. The van der Waals surface area contributed by atoms with Crippen LogP contribution in [0.5, 0.6) is 0 Å². The molecule has 4 aliphatic rings. The van der Waals surface area contributed by atoms with Gasteiger partial charge in [-0.1, -0.05) is 19.4 Å². The monoisotopic (exact) mass is 416 g/mol. The number of urea groups is 1. The van der Waals surface area contributed by atoms with Gasteiger partial charge in [-0.25, -0.2) is 10.2 Å². The number of carbonyl (C=O) groups is 1. The topological polar surface area (TPSA) is 118 Å². The van der Waals surface area contributed by atoms with Gasteiger partial charge in [0.1, 0.15) is 0 Å². The fraction of sp³-hybridized carbons (Fsp3) is 0.714. The molecule has 0 heterocycles. The van der Waals surface area contributed by atoms with E-state index >= 15 is 0 Å². The van der Waals surface area contributed by atoms with Crippen LogP contribution >= 0.6 is 12.2 Å². The van der Waals surface area contributed by atoms with Crippen molar-refractivity contribution in [3.05, 3.63) is 11.6 Å². The first-order valence-corrected chi connectivity index (χ1v) is 11.1. The van der Waals surface area contributed by atoms with Gasteiger partial charge < -0.3 is 11.5 Å². The molecule has 2 amide bonds. The number of amides is 2. The van der Waals surface area contributed by atoms with E-state index in [1.807, 2.05) is 0 Å². The Morgan fingerprint density at radius 1 is 1.03 bits per heavy atom. The molecule has 5 atom stereocenters. The van der Waals surface area contributed by atoms with Crippen molar-refractivity contribution in [3.63, 3.8) is 0 Å². The van der Waals surface area contributed by atoms with Gasteiger partial charge in [0.05, 0.1) is 5.71 Å². The summed E-state index contributed by atoms with van der Waals surface area (Å²) < 4.78 is 0. The van der Waals surface area contributed by atoms with Crippen LogP contribution < -0.4 is 22.3 Å². The SMILES string of the molecule is C[C@]12CC/C(=N\NC(N)=O)C=C1CC[C@@H]1[C@H]2CC[C@]2(C)C(=NNC(N)=S)CC[C@H]12. The molecule has 0 bridgehead atoms. The summed E-state index contributed by atoms with van der Waals surface area (Å²) in [4.78, 5) is 11.0. The number of hydrogen-bond donors (Lipinski definition) is 4. The van der Waals surface area contributed by atoms with E-state index in [9.17, 15) is 4.79 Å². The number of fused-ring (bicyclic) bond motifs is 5. The molecule has 0 unspecified atom stereocenters. The second-order valence-electron chi connectivity index (χ2n) is 9.61. The number of rotatable bonds is 2. The summed E-state index contributed by atoms with van der Waals surface area (Å²) in [7, 11) is 0. The minimum atomic E-state index is -0.608. The second kappa shape index (κ2) is 7.38. The van der Waals surface area contributed by atoms with Crippen LogP contribution in [-0.2, 0) is 0 Å². The molecule has 3 saturated carbocycles. The number of primary amides is 1. The molecule has 8 heteroatoms. The Bertz CT molecular complexity index is 820. The van der Waals surface area contributed by atoms with E-state index < -0.39 is 6.03 Å². The molecule has 0 aromatic carbocycles. The van der Waals surface area contributed by atoms with Crippen molar-refractivity contribution >= 4 is 34.8 Å². The first-order chi connectivity index (χ1) is 13.7. The molecule has 0 aliphatic heterocycles. The highest BCUT2D eigenvalue weighted by atomic mass is 32.1. The van der Waals surface area contributed by atoms with Crippen molar-refractivity contribution in [2.24, 2.45) is 50.3 Å². The van der Waals surface area contributed by atoms with Gasteiger partial charge in [0.2, 0.25) is 0 Å². The van der Waals surface area contributed by atoms with Gasteiger partial charge in [-0.15, -0.1) is 0 Å². The van der Waals surface area contributed by atoms with Crippen LogP contribution in [0.1, 0.15) is 65.2 Å². The molecule has 0 saturated heterocycles. The highest BCUT2D eigenvalue weighted by molar-refractivity contribution is 7.80. The predicted molar refractivity (Wildman–Crippen MR) is 119 cm³/mol. The fourth-order valence-corrected chi connectivity index (χ4v) is 6.93. The third-order valence-electron chi connectivity index (χ3n) is 8.33. The van der Waals surface area contributed by atoms with Crippen molar-refractivity contribution in [3.8, 4) is 0 Å². The van der Waals surface area contributed by atoms with Crippen LogP contribution in [0.2, 0.25) is 0 Å². The maximum Gasteiger partial charge on any atom is 0.332 e. The highest BCUT2D eigenvalue weighted by Crippen LogP contribution is 2.64. The lowest BCUT2D eigenvalue weighted by Crippen LogP contribution is -2.50. The Labute approximate surface area is 177 Å². The van der Waals surface area contributed by atoms with E-state index in [1.165, 1.54) is 37.0 Å². The third kappa shape index (κ3) is 3.45. The predicted octanol–water partition coefficient (Wildman–Crippen LogP) is 3.16. The van der Waals surface area contributed by atoms with Crippen LogP contribution in [0, 0.1) is 28.6 Å². The van der Waals surface area contributed by atoms with Gasteiger partial charge in [-0.05, 0) is 92.8 Å². The van der Waals surface area contributed by atoms with Crippen molar-refractivity contribution in [2.45, 2.75) is 65.2 Å². The maximum absolute atomic E-state index is 11.0. The van der Waals surface area contributed by atoms with Crippen LogP contribution in [0.15, 0.2) is 21.9 Å². The smallest absolute Gasteiger partial charge is 0.332 e. The van der Waals surface area contributed by atoms with E-state index in [-0.39, 0.29) is 15.9 Å². The van der Waals surface area contributed by atoms with E-state index in [4.69, 9.17) is 23.7 Å². The van der Waals surface area contributed by atoms with E-state index in [0.29, 0.717) is 11.8 Å². The average Bonchev–Trinajstić information content (AvgIpc) is 3.01. The van der Waals surface area contributed by atoms with Crippen molar-refractivity contribution < 1.29 is 4.79 Å². The van der Waals surface area contributed by atoms with Gasteiger partial charge in [0, 0.05) is 11.1 Å². The lowest BCUT2D eigenvalue weighted by molar-refractivity contribution is -0.0155. The van der Waals surface area contributed by atoms with Gasteiger partial charge in [0.15, 0.2) is 5.11 Å². The zero-order valence-electron chi connectivity index (χ0n) is 17.3. The third-order valence-corrected chi connectivity index (χ3v) is 8.42. The first kappa shape index (κ1) is 20.3. The minimum absolute atomic E-state index is 0.156. The molecule has 158 valence electrons. The second-order valence-corrected chi connectivity index (χ2v) is 10.1. The first-order valence-electron chi connectivity index (χ1n) is 10.7. The number of nitrogens with two attached hydrogens (primary N) is 2. The lowest BCUT2D eigenvalue weighted by Gasteiger charge is -2.57. The van der Waals surface area contributed by atoms with Crippen molar-refractivity contribution in [1.82, 2.24) is 10.9 Å². The molecule has 7 nitrogen and oxygen atoms in total. The number of allylic oxidation sites excluding steroid dienone is 2. The highest BCUT2D eigenvalue weighted by Gasteiger charge is 2.58. The lowest BCUT2D eigenvalue weighted by atomic mass is 9.47. The summed E-state index contributed by atoms with van der Waals surface area (Å²) in [6, 6.07) is -0.608. The average molecular weight is 417 g/mol. The Balaban J connectivity index is 1.57. The van der Waals surface area contributed by atoms with Gasteiger partial charge in [0.25, 0.3) is 0 Å². The van der Waals surface area contributed by atoms with E-state index in [1.54, 1.807) is 0 Å². The molecular weight excluding hydrogens is 384 g/mol. The maximum atomic E-state index is 11.0. The Hall–Kier alpha value is -1.96. The molecule has 29 heavy (non-hydrogen) atoms. The molecule has 4 rings (SSSR count). The standard InChI is InChI=1S/C21H32N6OS/c1-20-9-7-13(24-26-18(22)28)11-12(20)3-4-14-15-5-6-17(25-27-19(23)29)21(15,2)10-8-16(14)20/h11,14-16H,3-10H2,1-2H3,(H3,22,26,28)(H3,23,27,29)/b24-13+,25-17?/t14-,15+,16+,20-,21-/m0/s1. The Kier molecular flexibility index (Phi) is 5.17. The molecular formula is C21H32N6OS. The van der Waals surface area contributed by atoms with Crippen LogP contribution in [0.4, 0.5) is 4.79 Å². The summed E-state index contributed by atoms with van der Waals surface area (Å²) in [6.07, 6.45) is 11.2. The van der Waals surface area contributed by atoms with Crippen molar-refractivity contribution in [1.29, 1.82) is 0 Å². The Morgan fingerprint density at radius 3 is 2.52 bits per heavy atom. The summed E-state index contributed by atoms with van der Waals surface area (Å²) in [5.41, 5.74) is 20.0. The zero-order chi connectivity index (χ0) is 20.8.